The van der Waals surface area contributed by atoms with E-state index in [4.69, 9.17) is 0 Å². The van der Waals surface area contributed by atoms with Crippen LogP contribution in [0.1, 0.15) is 16.9 Å². The van der Waals surface area contributed by atoms with Gasteiger partial charge in [0.05, 0.1) is 6.54 Å². The zero-order valence-electron chi connectivity index (χ0n) is 9.28. The molecule has 1 saturated heterocycles. The average molecular weight is 219 g/mol. The Morgan fingerprint density at radius 2 is 2.50 bits per heavy atom. The first-order valence-corrected chi connectivity index (χ1v) is 5.72. The van der Waals surface area contributed by atoms with E-state index in [1.807, 2.05) is 12.1 Å². The Bertz CT molecular complexity index is 333. The molecule has 0 aliphatic carbocycles. The third-order valence-electron chi connectivity index (χ3n) is 2.83. The maximum absolute atomic E-state index is 11.7. The summed E-state index contributed by atoms with van der Waals surface area (Å²) >= 11 is 0. The Kier molecular flexibility index (Phi) is 4.02. The van der Waals surface area contributed by atoms with Gasteiger partial charge < -0.3 is 10.6 Å². The predicted octanol–water partition coefficient (Wildman–Crippen LogP) is 0.463. The number of ketones is 1. The summed E-state index contributed by atoms with van der Waals surface area (Å²) in [7, 11) is 0. The molecule has 1 unspecified atom stereocenters. The van der Waals surface area contributed by atoms with Crippen LogP contribution < -0.4 is 10.6 Å². The minimum atomic E-state index is 0.0616. The summed E-state index contributed by atoms with van der Waals surface area (Å²) in [6.07, 6.45) is 2.85. The van der Waals surface area contributed by atoms with E-state index in [1.165, 1.54) is 6.42 Å². The van der Waals surface area contributed by atoms with Gasteiger partial charge in [-0.15, -0.1) is 0 Å². The quantitative estimate of drug-likeness (QED) is 0.707. The first-order valence-electron chi connectivity index (χ1n) is 5.72. The number of hydrogen-bond acceptors (Lipinski definition) is 4. The van der Waals surface area contributed by atoms with E-state index >= 15 is 0 Å². The van der Waals surface area contributed by atoms with Crippen molar-refractivity contribution in [2.24, 2.45) is 5.92 Å². The fourth-order valence-corrected chi connectivity index (χ4v) is 1.90. The number of nitrogens with one attached hydrogen (secondary N) is 2. The molecule has 2 heterocycles. The van der Waals surface area contributed by atoms with Gasteiger partial charge in [-0.05, 0) is 44.1 Å². The van der Waals surface area contributed by atoms with E-state index in [0.717, 1.165) is 19.6 Å². The van der Waals surface area contributed by atoms with Crippen molar-refractivity contribution in [1.82, 2.24) is 15.6 Å². The largest absolute Gasteiger partial charge is 0.316 e. The van der Waals surface area contributed by atoms with Gasteiger partial charge in [0.2, 0.25) is 0 Å². The van der Waals surface area contributed by atoms with Gasteiger partial charge in [-0.25, -0.2) is 0 Å². The van der Waals surface area contributed by atoms with Crippen LogP contribution in [0, 0.1) is 5.92 Å². The highest BCUT2D eigenvalue weighted by Gasteiger charge is 2.14. The number of rotatable bonds is 5. The molecule has 2 rings (SSSR count). The van der Waals surface area contributed by atoms with Crippen molar-refractivity contribution in [3.8, 4) is 0 Å². The third kappa shape index (κ3) is 3.12. The molecule has 16 heavy (non-hydrogen) atoms. The molecule has 0 amide bonds. The Hall–Kier alpha value is -1.26. The van der Waals surface area contributed by atoms with Crippen molar-refractivity contribution in [1.29, 1.82) is 0 Å². The SMILES string of the molecule is O=C(CNCC1CCNC1)c1ccccn1. The maximum atomic E-state index is 11.7. The van der Waals surface area contributed by atoms with Gasteiger partial charge in [-0.3, -0.25) is 9.78 Å². The van der Waals surface area contributed by atoms with E-state index in [9.17, 15) is 4.79 Å². The molecule has 86 valence electrons. The Morgan fingerprint density at radius 1 is 1.56 bits per heavy atom. The summed E-state index contributed by atoms with van der Waals surface area (Å²) in [6, 6.07) is 5.40. The lowest BCUT2D eigenvalue weighted by Crippen LogP contribution is -2.29. The summed E-state index contributed by atoms with van der Waals surface area (Å²) < 4.78 is 0. The van der Waals surface area contributed by atoms with Crippen LogP contribution in [0.4, 0.5) is 0 Å². The third-order valence-corrected chi connectivity index (χ3v) is 2.83. The van der Waals surface area contributed by atoms with E-state index in [0.29, 0.717) is 18.2 Å². The zero-order chi connectivity index (χ0) is 11.2. The van der Waals surface area contributed by atoms with Crippen LogP contribution in [0.2, 0.25) is 0 Å². The lowest BCUT2D eigenvalue weighted by Gasteiger charge is -2.08. The van der Waals surface area contributed by atoms with Crippen molar-refractivity contribution in [3.63, 3.8) is 0 Å². The smallest absolute Gasteiger partial charge is 0.194 e. The summed E-state index contributed by atoms with van der Waals surface area (Å²) in [5, 5.41) is 6.50. The van der Waals surface area contributed by atoms with Gasteiger partial charge in [-0.1, -0.05) is 6.07 Å². The second-order valence-electron chi connectivity index (χ2n) is 4.13. The van der Waals surface area contributed by atoms with Crippen LogP contribution in [0.15, 0.2) is 24.4 Å². The normalized spacial score (nSPS) is 19.9. The summed E-state index contributed by atoms with van der Waals surface area (Å²) in [5.41, 5.74) is 0.541. The van der Waals surface area contributed by atoms with E-state index in [2.05, 4.69) is 15.6 Å². The molecule has 1 aromatic rings. The number of carbonyl (C=O) groups is 1. The molecule has 1 aliphatic heterocycles. The van der Waals surface area contributed by atoms with E-state index in [-0.39, 0.29) is 5.78 Å². The molecule has 0 bridgehead atoms. The van der Waals surface area contributed by atoms with Crippen LogP contribution in [-0.2, 0) is 0 Å². The van der Waals surface area contributed by atoms with Crippen LogP contribution in [0.3, 0.4) is 0 Å². The molecule has 4 heteroatoms. The van der Waals surface area contributed by atoms with Gasteiger partial charge in [0.25, 0.3) is 0 Å². The molecule has 0 aromatic carbocycles. The fraction of sp³-hybridized carbons (Fsp3) is 0.500. The van der Waals surface area contributed by atoms with Gasteiger partial charge in [0.15, 0.2) is 5.78 Å². The molecule has 0 radical (unpaired) electrons. The first-order chi connectivity index (χ1) is 7.86. The highest BCUT2D eigenvalue weighted by atomic mass is 16.1. The van der Waals surface area contributed by atoms with Crippen molar-refractivity contribution < 1.29 is 4.79 Å². The summed E-state index contributed by atoms with van der Waals surface area (Å²) in [6.45, 7) is 3.45. The topological polar surface area (TPSA) is 54.0 Å². The van der Waals surface area contributed by atoms with Crippen LogP contribution in [0.5, 0.6) is 0 Å². The average Bonchev–Trinajstić information content (AvgIpc) is 2.83. The second kappa shape index (κ2) is 5.72. The Labute approximate surface area is 95.5 Å². The lowest BCUT2D eigenvalue weighted by atomic mass is 10.1. The summed E-state index contributed by atoms with van der Waals surface area (Å²) in [5.74, 6) is 0.725. The van der Waals surface area contributed by atoms with Crippen LogP contribution in [0.25, 0.3) is 0 Å². The van der Waals surface area contributed by atoms with Crippen molar-refractivity contribution in [2.75, 3.05) is 26.2 Å². The number of nitrogens with zero attached hydrogens (tertiary/aromatic N) is 1. The highest BCUT2D eigenvalue weighted by molar-refractivity contribution is 5.95. The zero-order valence-corrected chi connectivity index (χ0v) is 9.28. The first kappa shape index (κ1) is 11.2. The molecular weight excluding hydrogens is 202 g/mol. The maximum Gasteiger partial charge on any atom is 0.194 e. The van der Waals surface area contributed by atoms with Gasteiger partial charge in [0.1, 0.15) is 5.69 Å². The number of pyridine rings is 1. The van der Waals surface area contributed by atoms with Crippen molar-refractivity contribution >= 4 is 5.78 Å². The van der Waals surface area contributed by atoms with E-state index in [1.54, 1.807) is 12.3 Å². The molecule has 0 spiro atoms. The molecule has 0 saturated carbocycles. The standard InChI is InChI=1S/C12H17N3O/c16-12(11-3-1-2-5-15-11)9-14-8-10-4-6-13-7-10/h1-3,5,10,13-14H,4,6-9H2. The molecular formula is C12H17N3O. The van der Waals surface area contributed by atoms with Gasteiger partial charge >= 0.3 is 0 Å². The number of aromatic nitrogens is 1. The number of hydrogen-bond donors (Lipinski definition) is 2. The molecule has 1 fully saturated rings. The highest BCUT2D eigenvalue weighted by Crippen LogP contribution is 2.05. The monoisotopic (exact) mass is 219 g/mol. The second-order valence-corrected chi connectivity index (χ2v) is 4.13. The van der Waals surface area contributed by atoms with Crippen LogP contribution in [-0.4, -0.2) is 36.9 Å². The fourth-order valence-electron chi connectivity index (χ4n) is 1.90. The minimum Gasteiger partial charge on any atom is -0.316 e. The number of Topliss-reactive ketones (excluding diaryl/α,β-unsaturated/α-hetero) is 1. The van der Waals surface area contributed by atoms with Crippen molar-refractivity contribution in [2.45, 2.75) is 6.42 Å². The minimum absolute atomic E-state index is 0.0616. The van der Waals surface area contributed by atoms with Gasteiger partial charge in [0, 0.05) is 6.20 Å². The molecule has 4 nitrogen and oxygen atoms in total. The molecule has 1 aromatic heterocycles. The van der Waals surface area contributed by atoms with Crippen molar-refractivity contribution in [3.05, 3.63) is 30.1 Å². The lowest BCUT2D eigenvalue weighted by molar-refractivity contribution is 0.0985. The predicted molar refractivity (Wildman–Crippen MR) is 62.4 cm³/mol. The molecule has 1 aliphatic rings. The van der Waals surface area contributed by atoms with Gasteiger partial charge in [-0.2, -0.15) is 0 Å². The summed E-state index contributed by atoms with van der Waals surface area (Å²) in [4.78, 5) is 15.7. The Morgan fingerprint density at radius 3 is 3.19 bits per heavy atom. The number of carbonyl (C=O) groups excluding carboxylic acids is 1. The molecule has 2 N–H and O–H groups in total. The van der Waals surface area contributed by atoms with Crippen LogP contribution >= 0.6 is 0 Å². The van der Waals surface area contributed by atoms with E-state index < -0.39 is 0 Å². The molecule has 1 atom stereocenters. The Balaban J connectivity index is 1.71.